The first kappa shape index (κ1) is 12.0. The van der Waals surface area contributed by atoms with E-state index in [2.05, 4.69) is 17.6 Å². The highest BCUT2D eigenvalue weighted by atomic mass is 32.1. The van der Waals surface area contributed by atoms with Gasteiger partial charge in [-0.25, -0.2) is 4.79 Å². The topological polar surface area (TPSA) is 84.3 Å². The molecule has 6 nitrogen and oxygen atoms in total. The largest absolute Gasteiger partial charge is 0.393 e. The molecule has 98 valence electrons. The molecule has 0 amide bonds. The lowest BCUT2D eigenvalue weighted by atomic mass is 10.2. The maximum absolute atomic E-state index is 11.8. The van der Waals surface area contributed by atoms with Crippen molar-refractivity contribution in [3.63, 3.8) is 0 Å². The molecule has 1 aliphatic carbocycles. The van der Waals surface area contributed by atoms with E-state index in [9.17, 15) is 14.7 Å². The highest BCUT2D eigenvalue weighted by Gasteiger charge is 2.66. The normalized spacial score (nSPS) is 37.6. The zero-order chi connectivity index (χ0) is 13.1. The molecule has 18 heavy (non-hydrogen) atoms. The molecule has 0 radical (unpaired) electrons. The number of aliphatic hydroxyl groups is 1. The third-order valence-corrected chi connectivity index (χ3v) is 4.44. The zero-order valence-corrected chi connectivity index (χ0v) is 10.7. The van der Waals surface area contributed by atoms with Crippen LogP contribution in [0, 0.1) is 12.8 Å². The quantitative estimate of drug-likeness (QED) is 0.628. The minimum absolute atomic E-state index is 0.0672. The summed E-state index contributed by atoms with van der Waals surface area (Å²) in [4.78, 5) is 25.3. The Morgan fingerprint density at radius 3 is 3.00 bits per heavy atom. The van der Waals surface area contributed by atoms with Crippen molar-refractivity contribution in [1.29, 1.82) is 0 Å². The molecule has 3 rings (SSSR count). The van der Waals surface area contributed by atoms with Crippen molar-refractivity contribution in [3.05, 3.63) is 32.6 Å². The number of aromatic nitrogens is 2. The van der Waals surface area contributed by atoms with E-state index in [1.165, 1.54) is 10.8 Å². The van der Waals surface area contributed by atoms with E-state index in [1.54, 1.807) is 6.92 Å². The second-order valence-electron chi connectivity index (χ2n) is 5.01. The van der Waals surface area contributed by atoms with Crippen molar-refractivity contribution in [3.8, 4) is 0 Å². The Kier molecular flexibility index (Phi) is 2.48. The number of hydrogen-bond donors (Lipinski definition) is 3. The first-order valence-electron chi connectivity index (χ1n) is 5.77. The first-order valence-corrected chi connectivity index (χ1v) is 6.29. The van der Waals surface area contributed by atoms with Crippen molar-refractivity contribution in [2.45, 2.75) is 30.4 Å². The number of H-pyrrole nitrogens is 1. The molecule has 0 bridgehead atoms. The molecule has 1 aliphatic heterocycles. The van der Waals surface area contributed by atoms with Gasteiger partial charge < -0.3 is 9.84 Å². The number of nitrogens with one attached hydrogen (secondary N) is 1. The predicted molar refractivity (Wildman–Crippen MR) is 66.9 cm³/mol. The summed E-state index contributed by atoms with van der Waals surface area (Å²) < 4.78 is 7.11. The van der Waals surface area contributed by atoms with Gasteiger partial charge in [-0.2, -0.15) is 12.6 Å². The minimum atomic E-state index is -0.541. The second kappa shape index (κ2) is 3.72. The Bertz CT molecular complexity index is 610. The van der Waals surface area contributed by atoms with Crippen LogP contribution in [0.2, 0.25) is 0 Å². The van der Waals surface area contributed by atoms with Gasteiger partial charge in [0.15, 0.2) is 6.23 Å². The van der Waals surface area contributed by atoms with Gasteiger partial charge in [0.1, 0.15) is 0 Å². The van der Waals surface area contributed by atoms with E-state index < -0.39 is 23.1 Å². The second-order valence-corrected chi connectivity index (χ2v) is 5.61. The van der Waals surface area contributed by atoms with E-state index in [0.717, 1.165) is 6.42 Å². The fourth-order valence-electron chi connectivity index (χ4n) is 2.61. The number of aryl methyl sites for hydroxylation is 1. The molecule has 1 aromatic heterocycles. The standard InChI is InChI=1S/C11H14N2O4S/c1-5-3-13(10(16)12-8(5)15)9-7(18)6-2-11(6,4-14)17-9/h3,6-7,9,14,18H,2,4H2,1H3,(H,12,15,16)/t6?,7?,9-,11-/m1/s1. The fourth-order valence-corrected chi connectivity index (χ4v) is 3.19. The van der Waals surface area contributed by atoms with Gasteiger partial charge in [-0.15, -0.1) is 0 Å². The van der Waals surface area contributed by atoms with Crippen LogP contribution in [0.5, 0.6) is 0 Å². The summed E-state index contributed by atoms with van der Waals surface area (Å²) >= 11 is 4.46. The van der Waals surface area contributed by atoms with E-state index in [0.29, 0.717) is 5.56 Å². The molecule has 4 atom stereocenters. The molecular weight excluding hydrogens is 256 g/mol. The van der Waals surface area contributed by atoms with Crippen LogP contribution >= 0.6 is 12.6 Å². The smallest absolute Gasteiger partial charge is 0.330 e. The lowest BCUT2D eigenvalue weighted by Crippen LogP contribution is -2.36. The molecular formula is C11H14N2O4S. The molecule has 2 N–H and O–H groups in total. The van der Waals surface area contributed by atoms with Gasteiger partial charge in [0.2, 0.25) is 0 Å². The Morgan fingerprint density at radius 1 is 1.67 bits per heavy atom. The Hall–Kier alpha value is -1.05. The Balaban J connectivity index is 2.00. The summed E-state index contributed by atoms with van der Waals surface area (Å²) in [5.41, 5.74) is -1.01. The zero-order valence-electron chi connectivity index (χ0n) is 9.79. The van der Waals surface area contributed by atoms with Crippen LogP contribution in [-0.4, -0.2) is 32.1 Å². The van der Waals surface area contributed by atoms with Crippen molar-refractivity contribution in [1.82, 2.24) is 9.55 Å². The lowest BCUT2D eigenvalue weighted by molar-refractivity contribution is -0.0603. The molecule has 1 saturated heterocycles. The number of aromatic amines is 1. The summed E-state index contributed by atoms with van der Waals surface area (Å²) in [6.07, 6.45) is 1.71. The van der Waals surface area contributed by atoms with Crippen LogP contribution in [0.25, 0.3) is 0 Å². The third-order valence-electron chi connectivity index (χ3n) is 3.83. The number of hydrogen-bond acceptors (Lipinski definition) is 5. The SMILES string of the molecule is Cc1cn([C@@H]2O[C@@]3(CO)CC3C2S)c(=O)[nH]c1=O. The highest BCUT2D eigenvalue weighted by Crippen LogP contribution is 2.60. The monoisotopic (exact) mass is 270 g/mol. The van der Waals surface area contributed by atoms with E-state index in [4.69, 9.17) is 4.74 Å². The Labute approximate surface area is 108 Å². The van der Waals surface area contributed by atoms with Gasteiger partial charge >= 0.3 is 5.69 Å². The van der Waals surface area contributed by atoms with Crippen molar-refractivity contribution in [2.24, 2.45) is 5.92 Å². The van der Waals surface area contributed by atoms with Crippen LogP contribution in [0.15, 0.2) is 15.8 Å². The number of thiol groups is 1. The summed E-state index contributed by atoms with van der Waals surface area (Å²) in [5, 5.41) is 9.16. The number of nitrogens with zero attached hydrogens (tertiary/aromatic N) is 1. The molecule has 1 aromatic rings. The molecule has 0 aromatic carbocycles. The van der Waals surface area contributed by atoms with Crippen molar-refractivity contribution < 1.29 is 9.84 Å². The molecule has 1 saturated carbocycles. The maximum atomic E-state index is 11.8. The molecule has 2 unspecified atom stereocenters. The summed E-state index contributed by atoms with van der Waals surface area (Å²) in [6.45, 7) is 1.56. The van der Waals surface area contributed by atoms with Gasteiger partial charge in [-0.05, 0) is 13.3 Å². The lowest BCUT2D eigenvalue weighted by Gasteiger charge is -2.21. The molecule has 0 spiro atoms. The number of rotatable bonds is 2. The van der Waals surface area contributed by atoms with Crippen LogP contribution in [0.4, 0.5) is 0 Å². The molecule has 2 heterocycles. The van der Waals surface area contributed by atoms with Gasteiger partial charge in [-0.3, -0.25) is 14.3 Å². The number of aliphatic hydroxyl groups excluding tert-OH is 1. The summed E-state index contributed by atoms with van der Waals surface area (Å²) in [5.74, 6) is 0.162. The molecule has 7 heteroatoms. The van der Waals surface area contributed by atoms with Gasteiger partial charge in [0.25, 0.3) is 5.56 Å². The fraction of sp³-hybridized carbons (Fsp3) is 0.636. The van der Waals surface area contributed by atoms with Gasteiger partial charge in [0, 0.05) is 17.7 Å². The summed E-state index contributed by atoms with van der Waals surface area (Å²) in [7, 11) is 0. The van der Waals surface area contributed by atoms with Gasteiger partial charge in [0.05, 0.1) is 17.5 Å². The predicted octanol–water partition coefficient (Wildman–Crippen LogP) is -0.577. The van der Waals surface area contributed by atoms with Crippen LogP contribution < -0.4 is 11.2 Å². The van der Waals surface area contributed by atoms with E-state index >= 15 is 0 Å². The van der Waals surface area contributed by atoms with Crippen molar-refractivity contribution in [2.75, 3.05) is 6.61 Å². The average Bonchev–Trinajstić information content (AvgIpc) is 2.99. The number of fused-ring (bicyclic) bond motifs is 1. The van der Waals surface area contributed by atoms with E-state index in [-0.39, 0.29) is 17.8 Å². The maximum Gasteiger partial charge on any atom is 0.330 e. The highest BCUT2D eigenvalue weighted by molar-refractivity contribution is 7.81. The minimum Gasteiger partial charge on any atom is -0.393 e. The first-order chi connectivity index (χ1) is 8.48. The van der Waals surface area contributed by atoms with Crippen LogP contribution in [0.3, 0.4) is 0 Å². The average molecular weight is 270 g/mol. The molecule has 2 aliphatic rings. The van der Waals surface area contributed by atoms with Gasteiger partial charge in [-0.1, -0.05) is 0 Å². The molecule has 2 fully saturated rings. The van der Waals surface area contributed by atoms with E-state index in [1.807, 2.05) is 0 Å². The Morgan fingerprint density at radius 2 is 2.39 bits per heavy atom. The summed E-state index contributed by atoms with van der Waals surface area (Å²) in [6, 6.07) is 0. The van der Waals surface area contributed by atoms with Crippen molar-refractivity contribution >= 4 is 12.6 Å². The van der Waals surface area contributed by atoms with Crippen LogP contribution in [0.1, 0.15) is 18.2 Å². The van der Waals surface area contributed by atoms with Crippen LogP contribution in [-0.2, 0) is 4.74 Å². The number of ether oxygens (including phenoxy) is 1. The third kappa shape index (κ3) is 1.51.